The summed E-state index contributed by atoms with van der Waals surface area (Å²) in [7, 11) is 0. The van der Waals surface area contributed by atoms with Gasteiger partial charge in [-0.1, -0.05) is 20.8 Å². The summed E-state index contributed by atoms with van der Waals surface area (Å²) in [6.07, 6.45) is -14.4. The summed E-state index contributed by atoms with van der Waals surface area (Å²) < 4.78 is 31.6. The van der Waals surface area contributed by atoms with Gasteiger partial charge in [-0.25, -0.2) is 0 Å². The van der Waals surface area contributed by atoms with Crippen LogP contribution in [0.2, 0.25) is 0 Å². The number of carbonyl (C=O) groups excluding carboxylic acids is 4. The number of carbonyl (C=O) groups is 4. The van der Waals surface area contributed by atoms with Crippen molar-refractivity contribution in [2.45, 2.75) is 139 Å². The molecule has 25 heteroatoms. The van der Waals surface area contributed by atoms with Crippen molar-refractivity contribution in [1.82, 2.24) is 21.3 Å². The first-order valence-corrected chi connectivity index (χ1v) is 19.6. The Labute approximate surface area is 347 Å². The molecule has 0 bridgehead atoms. The molecule has 352 valence electrons. The van der Waals surface area contributed by atoms with E-state index in [0.29, 0.717) is 25.8 Å². The SMILES string of the molecule is CCC(=O)NCCOC1OC(CO)C(O)C(O)C1N.CCC(=O)NCCOC1OC(CO)C(O)C(O)C1NC(C)=O.CCC(=O)NCCOC1OC(CO)C(O)C(O)C1O. The van der Waals surface area contributed by atoms with Crippen molar-refractivity contribution < 1.29 is 98.7 Å². The highest BCUT2D eigenvalue weighted by molar-refractivity contribution is 5.76. The van der Waals surface area contributed by atoms with Crippen LogP contribution in [0, 0.1) is 0 Å². The summed E-state index contributed by atoms with van der Waals surface area (Å²) >= 11 is 0. The molecule has 3 saturated heterocycles. The van der Waals surface area contributed by atoms with E-state index in [1.165, 1.54) is 6.92 Å². The second-order valence-corrected chi connectivity index (χ2v) is 13.6. The first-order chi connectivity index (χ1) is 28.4. The standard InChI is InChI=1S/C13H24N2O7.C11H22N2O6.C11H21NO7/c1-3-9(18)14-4-5-21-13-10(15-7(2)17)12(20)11(19)8(6-16)22-13;1-2-7(15)13-3-4-18-11-8(12)10(17)9(16)6(5-14)19-11;1-2-7(14)12-3-4-18-11-10(17)9(16)8(15)6(5-13)19-11/h8,10-13,16,19-20H,3-6H2,1-2H3,(H,14,18)(H,15,17);6,8-11,14,16-17H,2-5,12H2,1H3,(H,13,15);6,8-11,13,15-17H,2-5H2,1H3,(H,12,14). The number of aliphatic hydroxyl groups is 10. The van der Waals surface area contributed by atoms with Crippen molar-refractivity contribution in [2.24, 2.45) is 5.73 Å². The van der Waals surface area contributed by atoms with Gasteiger partial charge in [0.05, 0.1) is 45.7 Å². The summed E-state index contributed by atoms with van der Waals surface area (Å²) in [5.74, 6) is -0.774. The predicted molar refractivity (Wildman–Crippen MR) is 203 cm³/mol. The molecule has 0 radical (unpaired) electrons. The molecule has 0 saturated carbocycles. The van der Waals surface area contributed by atoms with Gasteiger partial charge in [0.2, 0.25) is 23.6 Å². The lowest BCUT2D eigenvalue weighted by atomic mass is 9.97. The molecule has 60 heavy (non-hydrogen) atoms. The third-order valence-corrected chi connectivity index (χ3v) is 9.11. The maximum Gasteiger partial charge on any atom is 0.219 e. The van der Waals surface area contributed by atoms with Gasteiger partial charge in [0.15, 0.2) is 18.9 Å². The minimum absolute atomic E-state index is 0.0778. The highest BCUT2D eigenvalue weighted by Crippen LogP contribution is 2.23. The molecule has 0 aromatic carbocycles. The molecular formula is C35H67N5O20. The Balaban J connectivity index is 0.000000452. The van der Waals surface area contributed by atoms with Gasteiger partial charge < -0.3 is 106 Å². The van der Waals surface area contributed by atoms with Crippen LogP contribution in [0.5, 0.6) is 0 Å². The van der Waals surface area contributed by atoms with Crippen molar-refractivity contribution in [2.75, 3.05) is 59.3 Å². The molecule has 0 aromatic rings. The van der Waals surface area contributed by atoms with Gasteiger partial charge in [-0.15, -0.1) is 0 Å². The smallest absolute Gasteiger partial charge is 0.219 e. The van der Waals surface area contributed by atoms with Gasteiger partial charge in [-0.3, -0.25) is 19.2 Å². The summed E-state index contributed by atoms with van der Waals surface area (Å²) in [6.45, 7) is 6.07. The topological polar surface area (TPSA) is 400 Å². The molecule has 25 nitrogen and oxygen atoms in total. The lowest BCUT2D eigenvalue weighted by Crippen LogP contribution is -2.64. The minimum Gasteiger partial charge on any atom is -0.394 e. The molecule has 3 fully saturated rings. The molecule has 16 N–H and O–H groups in total. The maximum absolute atomic E-state index is 11.2. The van der Waals surface area contributed by atoms with Crippen molar-refractivity contribution in [1.29, 1.82) is 0 Å². The molecule has 15 unspecified atom stereocenters. The number of nitrogens with two attached hydrogens (primary N) is 1. The van der Waals surface area contributed by atoms with Crippen LogP contribution in [-0.2, 0) is 47.6 Å². The van der Waals surface area contributed by atoms with Crippen molar-refractivity contribution in [3.05, 3.63) is 0 Å². The fourth-order valence-electron chi connectivity index (χ4n) is 5.54. The van der Waals surface area contributed by atoms with E-state index in [4.69, 9.17) is 49.5 Å². The Morgan fingerprint density at radius 1 is 0.517 bits per heavy atom. The summed E-state index contributed by atoms with van der Waals surface area (Å²) in [6, 6.07) is -1.89. The largest absolute Gasteiger partial charge is 0.394 e. The van der Waals surface area contributed by atoms with Crippen molar-refractivity contribution >= 4 is 23.6 Å². The van der Waals surface area contributed by atoms with Crippen LogP contribution in [0.4, 0.5) is 0 Å². The zero-order chi connectivity index (χ0) is 45.5. The molecule has 3 aliphatic heterocycles. The quantitative estimate of drug-likeness (QED) is 0.0536. The van der Waals surface area contributed by atoms with E-state index in [-0.39, 0.29) is 50.6 Å². The van der Waals surface area contributed by atoms with Gasteiger partial charge >= 0.3 is 0 Å². The van der Waals surface area contributed by atoms with Crippen LogP contribution in [0.15, 0.2) is 0 Å². The fourth-order valence-corrected chi connectivity index (χ4v) is 5.54. The molecule has 3 heterocycles. The van der Waals surface area contributed by atoms with Gasteiger partial charge in [0, 0.05) is 45.8 Å². The van der Waals surface area contributed by atoms with E-state index in [1.54, 1.807) is 20.8 Å². The Morgan fingerprint density at radius 3 is 1.27 bits per heavy atom. The number of nitrogens with one attached hydrogen (secondary N) is 4. The lowest BCUT2D eigenvalue weighted by Gasteiger charge is -2.42. The fraction of sp³-hybridized carbons (Fsp3) is 0.886. The molecule has 0 aliphatic carbocycles. The summed E-state index contributed by atoms with van der Waals surface area (Å²) in [5.41, 5.74) is 5.67. The van der Waals surface area contributed by atoms with Gasteiger partial charge in [0.1, 0.15) is 67.1 Å². The number of ether oxygens (including phenoxy) is 6. The summed E-state index contributed by atoms with van der Waals surface area (Å²) in [4.78, 5) is 44.3. The van der Waals surface area contributed by atoms with Crippen molar-refractivity contribution in [3.8, 4) is 0 Å². The van der Waals surface area contributed by atoms with Gasteiger partial charge in [-0.05, 0) is 0 Å². The first-order valence-electron chi connectivity index (χ1n) is 19.6. The average molecular weight is 878 g/mol. The zero-order valence-electron chi connectivity index (χ0n) is 34.3. The third kappa shape index (κ3) is 18.3. The van der Waals surface area contributed by atoms with E-state index < -0.39 is 118 Å². The van der Waals surface area contributed by atoms with E-state index >= 15 is 0 Å². The van der Waals surface area contributed by atoms with Crippen LogP contribution in [0.25, 0.3) is 0 Å². The second-order valence-electron chi connectivity index (χ2n) is 13.6. The molecule has 0 spiro atoms. The lowest BCUT2D eigenvalue weighted by molar-refractivity contribution is -0.300. The zero-order valence-corrected chi connectivity index (χ0v) is 34.3. The average Bonchev–Trinajstić information content (AvgIpc) is 3.24. The Hall–Kier alpha value is -2.80. The molecule has 15 atom stereocenters. The number of rotatable bonds is 19. The third-order valence-electron chi connectivity index (χ3n) is 9.11. The minimum atomic E-state index is -1.46. The van der Waals surface area contributed by atoms with E-state index in [0.717, 1.165) is 0 Å². The molecule has 3 rings (SSSR count). The number of hydrogen-bond acceptors (Lipinski definition) is 21. The van der Waals surface area contributed by atoms with Crippen LogP contribution < -0.4 is 27.0 Å². The number of hydrogen-bond donors (Lipinski definition) is 15. The Bertz CT molecular complexity index is 1190. The molecule has 4 amide bonds. The van der Waals surface area contributed by atoms with E-state index in [9.17, 15) is 54.9 Å². The normalized spacial score (nSPS) is 33.8. The highest BCUT2D eigenvalue weighted by Gasteiger charge is 2.46. The number of aliphatic hydroxyl groups excluding tert-OH is 10. The molecular weight excluding hydrogens is 810 g/mol. The Kier molecular flexibility index (Phi) is 27.1. The molecule has 0 aromatic heterocycles. The van der Waals surface area contributed by atoms with Crippen LogP contribution >= 0.6 is 0 Å². The number of amides is 4. The monoisotopic (exact) mass is 877 g/mol. The highest BCUT2D eigenvalue weighted by atomic mass is 16.7. The Morgan fingerprint density at radius 2 is 0.867 bits per heavy atom. The van der Waals surface area contributed by atoms with Crippen LogP contribution in [-0.4, -0.2) is 226 Å². The summed E-state index contributed by atoms with van der Waals surface area (Å²) in [5, 5.41) is 105. The predicted octanol–water partition coefficient (Wildman–Crippen LogP) is -7.90. The molecule has 3 aliphatic rings. The van der Waals surface area contributed by atoms with Gasteiger partial charge in [0.25, 0.3) is 0 Å². The van der Waals surface area contributed by atoms with Crippen LogP contribution in [0.1, 0.15) is 47.0 Å². The van der Waals surface area contributed by atoms with Gasteiger partial charge in [-0.2, -0.15) is 0 Å². The van der Waals surface area contributed by atoms with Crippen molar-refractivity contribution in [3.63, 3.8) is 0 Å². The first kappa shape index (κ1) is 55.2. The van der Waals surface area contributed by atoms with Crippen LogP contribution in [0.3, 0.4) is 0 Å². The van der Waals surface area contributed by atoms with E-state index in [2.05, 4.69) is 21.3 Å². The van der Waals surface area contributed by atoms with E-state index in [1.807, 2.05) is 0 Å². The second kappa shape index (κ2) is 29.5. The maximum atomic E-state index is 11.2.